The van der Waals surface area contributed by atoms with E-state index in [9.17, 15) is 9.59 Å². The largest absolute Gasteiger partial charge is 0.295 e. The van der Waals surface area contributed by atoms with Crippen molar-refractivity contribution >= 4 is 46.8 Å². The van der Waals surface area contributed by atoms with Gasteiger partial charge < -0.3 is 0 Å². The SMILES string of the molecule is CSc1nccn1-c1cccc(C(=O)NNC(=O)c2c(Cl)cccc2Cl)c1. The van der Waals surface area contributed by atoms with Crippen LogP contribution in [-0.2, 0) is 0 Å². The van der Waals surface area contributed by atoms with Gasteiger partial charge in [-0.15, -0.1) is 0 Å². The Morgan fingerprint density at radius 1 is 1.04 bits per heavy atom. The highest BCUT2D eigenvalue weighted by atomic mass is 35.5. The summed E-state index contributed by atoms with van der Waals surface area (Å²) in [6, 6.07) is 11.7. The molecule has 0 bridgehead atoms. The van der Waals surface area contributed by atoms with E-state index in [1.807, 2.05) is 23.1 Å². The van der Waals surface area contributed by atoms with Gasteiger partial charge in [-0.2, -0.15) is 0 Å². The Morgan fingerprint density at radius 2 is 1.70 bits per heavy atom. The molecule has 6 nitrogen and oxygen atoms in total. The van der Waals surface area contributed by atoms with Gasteiger partial charge in [-0.1, -0.05) is 47.1 Å². The van der Waals surface area contributed by atoms with Gasteiger partial charge in [-0.05, 0) is 36.6 Å². The second-order valence-corrected chi connectivity index (χ2v) is 6.93. The lowest BCUT2D eigenvalue weighted by atomic mass is 10.2. The first-order valence-corrected chi connectivity index (χ1v) is 9.72. The van der Waals surface area contributed by atoms with E-state index in [2.05, 4.69) is 15.8 Å². The predicted molar refractivity (Wildman–Crippen MR) is 107 cm³/mol. The molecule has 27 heavy (non-hydrogen) atoms. The number of rotatable bonds is 4. The molecule has 0 unspecified atom stereocenters. The molecule has 0 atom stereocenters. The molecule has 1 aromatic heterocycles. The molecule has 3 rings (SSSR count). The molecule has 0 saturated carbocycles. The van der Waals surface area contributed by atoms with Crippen molar-refractivity contribution in [2.24, 2.45) is 0 Å². The summed E-state index contributed by atoms with van der Waals surface area (Å²) in [7, 11) is 0. The average molecular weight is 421 g/mol. The average Bonchev–Trinajstić information content (AvgIpc) is 3.15. The summed E-state index contributed by atoms with van der Waals surface area (Å²) in [5.41, 5.74) is 5.94. The summed E-state index contributed by atoms with van der Waals surface area (Å²) in [5, 5.41) is 1.19. The zero-order valence-corrected chi connectivity index (χ0v) is 16.4. The third-order valence-electron chi connectivity index (χ3n) is 3.66. The number of hydrazine groups is 1. The van der Waals surface area contributed by atoms with Crippen LogP contribution >= 0.6 is 35.0 Å². The molecule has 0 fully saturated rings. The van der Waals surface area contributed by atoms with Crippen molar-refractivity contribution in [2.75, 3.05) is 6.26 Å². The molecule has 138 valence electrons. The minimum atomic E-state index is -0.602. The summed E-state index contributed by atoms with van der Waals surface area (Å²) in [5.74, 6) is -1.08. The molecule has 2 amide bonds. The zero-order chi connectivity index (χ0) is 19.4. The van der Waals surface area contributed by atoms with Crippen LogP contribution < -0.4 is 10.9 Å². The summed E-state index contributed by atoms with van der Waals surface area (Å²) in [6.07, 6.45) is 5.42. The standard InChI is InChI=1S/C18H14Cl2N4O2S/c1-27-18-21-8-9-24(18)12-5-2-4-11(10-12)16(25)22-23-17(26)15-13(19)6-3-7-14(15)20/h2-10H,1H3,(H,22,25)(H,23,26). The first kappa shape index (κ1) is 19.3. The number of hydrogen-bond acceptors (Lipinski definition) is 4. The molecule has 0 saturated heterocycles. The zero-order valence-electron chi connectivity index (χ0n) is 14.1. The summed E-state index contributed by atoms with van der Waals surface area (Å²) in [6.45, 7) is 0. The predicted octanol–water partition coefficient (Wildman–Crippen LogP) is 3.98. The van der Waals surface area contributed by atoms with E-state index in [1.54, 1.807) is 42.6 Å². The first-order chi connectivity index (χ1) is 13.0. The minimum Gasteiger partial charge on any atom is -0.295 e. The maximum atomic E-state index is 12.4. The molecule has 3 aromatic rings. The number of halogens is 2. The Hall–Kier alpha value is -2.48. The fraction of sp³-hybridized carbons (Fsp3) is 0.0556. The van der Waals surface area contributed by atoms with Crippen molar-refractivity contribution in [1.82, 2.24) is 20.4 Å². The minimum absolute atomic E-state index is 0.0953. The van der Waals surface area contributed by atoms with Crippen LogP contribution in [-0.4, -0.2) is 27.6 Å². The maximum absolute atomic E-state index is 12.4. The number of hydrogen-bond donors (Lipinski definition) is 2. The summed E-state index contributed by atoms with van der Waals surface area (Å²) in [4.78, 5) is 28.9. The van der Waals surface area contributed by atoms with Crippen molar-refractivity contribution in [3.05, 3.63) is 76.0 Å². The van der Waals surface area contributed by atoms with Gasteiger partial charge in [-0.3, -0.25) is 25.0 Å². The topological polar surface area (TPSA) is 76.0 Å². The molecule has 0 radical (unpaired) electrons. The van der Waals surface area contributed by atoms with Crippen LogP contribution in [0.5, 0.6) is 0 Å². The van der Waals surface area contributed by atoms with Crippen LogP contribution in [0.25, 0.3) is 5.69 Å². The Balaban J connectivity index is 1.74. The normalized spacial score (nSPS) is 10.5. The van der Waals surface area contributed by atoms with E-state index in [-0.39, 0.29) is 15.6 Å². The van der Waals surface area contributed by atoms with Crippen LogP contribution in [0.3, 0.4) is 0 Å². The molecule has 2 N–H and O–H groups in total. The molecule has 9 heteroatoms. The number of carbonyl (C=O) groups is 2. The highest BCUT2D eigenvalue weighted by Gasteiger charge is 2.16. The Morgan fingerprint density at radius 3 is 2.41 bits per heavy atom. The van der Waals surface area contributed by atoms with Crippen LogP contribution in [0, 0.1) is 0 Å². The van der Waals surface area contributed by atoms with Gasteiger partial charge in [0.25, 0.3) is 11.8 Å². The van der Waals surface area contributed by atoms with Crippen LogP contribution in [0.2, 0.25) is 10.0 Å². The number of nitrogens with one attached hydrogen (secondary N) is 2. The maximum Gasteiger partial charge on any atom is 0.272 e. The molecule has 0 spiro atoms. The van der Waals surface area contributed by atoms with E-state index in [0.717, 1.165) is 10.8 Å². The number of nitrogens with zero attached hydrogens (tertiary/aromatic N) is 2. The van der Waals surface area contributed by atoms with E-state index >= 15 is 0 Å². The Kier molecular flexibility index (Phi) is 6.05. The number of carbonyl (C=O) groups excluding carboxylic acids is 2. The fourth-order valence-electron chi connectivity index (χ4n) is 2.40. The summed E-state index contributed by atoms with van der Waals surface area (Å²) < 4.78 is 1.86. The van der Waals surface area contributed by atoms with Crippen molar-refractivity contribution in [1.29, 1.82) is 0 Å². The van der Waals surface area contributed by atoms with E-state index < -0.39 is 11.8 Å². The molecule has 0 aliphatic carbocycles. The molecule has 1 heterocycles. The Bertz CT molecular complexity index is 986. The van der Waals surface area contributed by atoms with Gasteiger partial charge in [0, 0.05) is 23.6 Å². The van der Waals surface area contributed by atoms with Gasteiger partial charge in [0.2, 0.25) is 0 Å². The molecule has 0 aliphatic heterocycles. The second-order valence-electron chi connectivity index (χ2n) is 5.34. The molecular formula is C18H14Cl2N4O2S. The van der Waals surface area contributed by atoms with Gasteiger partial charge in [0.05, 0.1) is 15.6 Å². The van der Waals surface area contributed by atoms with Crippen molar-refractivity contribution in [3.8, 4) is 5.69 Å². The smallest absolute Gasteiger partial charge is 0.272 e. The van der Waals surface area contributed by atoms with Gasteiger partial charge >= 0.3 is 0 Å². The number of thioether (sulfide) groups is 1. The monoisotopic (exact) mass is 420 g/mol. The quantitative estimate of drug-likeness (QED) is 0.494. The van der Waals surface area contributed by atoms with Crippen LogP contribution in [0.15, 0.2) is 60.0 Å². The fourth-order valence-corrected chi connectivity index (χ4v) is 3.50. The summed E-state index contributed by atoms with van der Waals surface area (Å²) >= 11 is 13.5. The van der Waals surface area contributed by atoms with E-state index in [4.69, 9.17) is 23.2 Å². The highest BCUT2D eigenvalue weighted by Crippen LogP contribution is 2.24. The number of benzene rings is 2. The van der Waals surface area contributed by atoms with E-state index in [1.165, 1.54) is 11.8 Å². The molecule has 2 aromatic carbocycles. The second kappa shape index (κ2) is 8.47. The van der Waals surface area contributed by atoms with Crippen LogP contribution in [0.1, 0.15) is 20.7 Å². The molecular weight excluding hydrogens is 407 g/mol. The third-order valence-corrected chi connectivity index (χ3v) is 4.95. The third kappa shape index (κ3) is 4.27. The van der Waals surface area contributed by atoms with E-state index in [0.29, 0.717) is 5.56 Å². The lowest BCUT2D eigenvalue weighted by Crippen LogP contribution is -2.41. The van der Waals surface area contributed by atoms with Crippen molar-refractivity contribution in [3.63, 3.8) is 0 Å². The number of imidazole rings is 1. The number of aromatic nitrogens is 2. The van der Waals surface area contributed by atoms with Crippen molar-refractivity contribution in [2.45, 2.75) is 5.16 Å². The number of amides is 2. The van der Waals surface area contributed by atoms with Crippen molar-refractivity contribution < 1.29 is 9.59 Å². The van der Waals surface area contributed by atoms with Gasteiger partial charge in [0.15, 0.2) is 5.16 Å². The Labute approximate surface area is 169 Å². The lowest BCUT2D eigenvalue weighted by Gasteiger charge is -2.11. The lowest BCUT2D eigenvalue weighted by molar-refractivity contribution is 0.0847. The molecule has 0 aliphatic rings. The highest BCUT2D eigenvalue weighted by molar-refractivity contribution is 7.98. The van der Waals surface area contributed by atoms with Gasteiger partial charge in [0.1, 0.15) is 0 Å². The first-order valence-electron chi connectivity index (χ1n) is 7.73. The van der Waals surface area contributed by atoms with Gasteiger partial charge in [-0.25, -0.2) is 4.98 Å². The van der Waals surface area contributed by atoms with Crippen LogP contribution in [0.4, 0.5) is 0 Å².